The van der Waals surface area contributed by atoms with Gasteiger partial charge in [0.05, 0.1) is 10.7 Å². The Morgan fingerprint density at radius 1 is 1.33 bits per heavy atom. The highest BCUT2D eigenvalue weighted by Gasteiger charge is 2.24. The van der Waals surface area contributed by atoms with Crippen molar-refractivity contribution in [2.75, 3.05) is 32.1 Å². The molecule has 1 aromatic rings. The zero-order chi connectivity index (χ0) is 14.8. The van der Waals surface area contributed by atoms with Crippen LogP contribution in [0.4, 0.5) is 5.82 Å². The molecular weight excluding hydrogens is 284 g/mol. The van der Waals surface area contributed by atoms with Crippen LogP contribution >= 0.6 is 11.6 Å². The van der Waals surface area contributed by atoms with E-state index in [4.69, 9.17) is 16.6 Å². The third-order valence-corrected chi connectivity index (χ3v) is 4.83. The minimum absolute atomic E-state index is 0.615. The number of halogens is 1. The number of rotatable bonds is 5. The SMILES string of the molecule is CN(C)C1CCCN(c2ccc(Cl)c(CNC3CC3)n2)C1. The predicted molar refractivity (Wildman–Crippen MR) is 88.0 cm³/mol. The zero-order valence-corrected chi connectivity index (χ0v) is 13.7. The van der Waals surface area contributed by atoms with Crippen molar-refractivity contribution < 1.29 is 0 Å². The second-order valence-corrected chi connectivity index (χ2v) is 6.87. The van der Waals surface area contributed by atoms with Gasteiger partial charge in [-0.1, -0.05) is 11.6 Å². The number of nitrogens with one attached hydrogen (secondary N) is 1. The molecule has 1 atom stereocenters. The number of likely N-dealkylation sites (N-methyl/N-ethyl adjacent to an activating group) is 1. The van der Waals surface area contributed by atoms with Gasteiger partial charge in [0.25, 0.3) is 0 Å². The fourth-order valence-corrected chi connectivity index (χ4v) is 3.06. The van der Waals surface area contributed by atoms with Gasteiger partial charge in [-0.25, -0.2) is 4.98 Å². The largest absolute Gasteiger partial charge is 0.355 e. The average molecular weight is 309 g/mol. The number of piperidine rings is 1. The lowest BCUT2D eigenvalue weighted by Gasteiger charge is -2.37. The van der Waals surface area contributed by atoms with Crippen LogP contribution in [0.5, 0.6) is 0 Å². The van der Waals surface area contributed by atoms with Crippen molar-refractivity contribution in [1.29, 1.82) is 0 Å². The Hall–Kier alpha value is -0.840. The maximum absolute atomic E-state index is 6.29. The van der Waals surface area contributed by atoms with E-state index < -0.39 is 0 Å². The molecule has 1 unspecified atom stereocenters. The number of nitrogens with zero attached hydrogens (tertiary/aromatic N) is 3. The van der Waals surface area contributed by atoms with Crippen LogP contribution < -0.4 is 10.2 Å². The van der Waals surface area contributed by atoms with Crippen LogP contribution in [0, 0.1) is 0 Å². The summed E-state index contributed by atoms with van der Waals surface area (Å²) in [6.07, 6.45) is 5.07. The third-order valence-electron chi connectivity index (χ3n) is 4.49. The summed E-state index contributed by atoms with van der Waals surface area (Å²) in [5.74, 6) is 1.07. The number of hydrogen-bond donors (Lipinski definition) is 1. The molecule has 1 saturated heterocycles. The number of aromatic nitrogens is 1. The summed E-state index contributed by atoms with van der Waals surface area (Å²) in [4.78, 5) is 9.51. The second kappa shape index (κ2) is 6.51. The topological polar surface area (TPSA) is 31.4 Å². The lowest BCUT2D eigenvalue weighted by Crippen LogP contribution is -2.45. The normalized spacial score (nSPS) is 22.9. The van der Waals surface area contributed by atoms with Crippen LogP contribution in [-0.4, -0.2) is 49.2 Å². The molecule has 1 N–H and O–H groups in total. The minimum atomic E-state index is 0.615. The molecule has 2 heterocycles. The molecule has 0 spiro atoms. The lowest BCUT2D eigenvalue weighted by atomic mass is 10.0. The smallest absolute Gasteiger partial charge is 0.129 e. The van der Waals surface area contributed by atoms with Gasteiger partial charge in [-0.3, -0.25) is 0 Å². The fraction of sp³-hybridized carbons (Fsp3) is 0.688. The first-order valence-electron chi connectivity index (χ1n) is 7.93. The van der Waals surface area contributed by atoms with Gasteiger partial charge < -0.3 is 15.1 Å². The standard InChI is InChI=1S/C16H25ClN4/c1-20(2)13-4-3-9-21(11-13)16-8-7-14(17)15(19-16)10-18-12-5-6-12/h7-8,12-13,18H,3-6,9-11H2,1-2H3. The predicted octanol–water partition coefficient (Wildman–Crippen LogP) is 2.52. The molecule has 5 heteroatoms. The van der Waals surface area contributed by atoms with Gasteiger partial charge in [0, 0.05) is 31.7 Å². The van der Waals surface area contributed by atoms with Crippen LogP contribution in [-0.2, 0) is 6.54 Å². The van der Waals surface area contributed by atoms with E-state index >= 15 is 0 Å². The van der Waals surface area contributed by atoms with Gasteiger partial charge in [0.1, 0.15) is 5.82 Å². The highest BCUT2D eigenvalue weighted by atomic mass is 35.5. The van der Waals surface area contributed by atoms with Crippen LogP contribution in [0.2, 0.25) is 5.02 Å². The van der Waals surface area contributed by atoms with Crippen molar-refractivity contribution in [2.45, 2.75) is 44.3 Å². The van der Waals surface area contributed by atoms with Crippen molar-refractivity contribution in [3.63, 3.8) is 0 Å². The lowest BCUT2D eigenvalue weighted by molar-refractivity contribution is 0.257. The van der Waals surface area contributed by atoms with Gasteiger partial charge >= 0.3 is 0 Å². The molecule has 1 aliphatic heterocycles. The van der Waals surface area contributed by atoms with Crippen molar-refractivity contribution >= 4 is 17.4 Å². The Balaban J connectivity index is 1.70. The van der Waals surface area contributed by atoms with Gasteiger partial charge in [0.2, 0.25) is 0 Å². The molecule has 0 aromatic carbocycles. The van der Waals surface area contributed by atoms with Crippen LogP contribution in [0.1, 0.15) is 31.4 Å². The first kappa shape index (κ1) is 15.1. The fourth-order valence-electron chi connectivity index (χ4n) is 2.89. The van der Waals surface area contributed by atoms with Gasteiger partial charge in [-0.05, 0) is 51.9 Å². The van der Waals surface area contributed by atoms with E-state index in [1.807, 2.05) is 6.07 Å². The maximum atomic E-state index is 6.29. The molecule has 1 aromatic heterocycles. The number of pyridine rings is 1. The highest BCUT2D eigenvalue weighted by molar-refractivity contribution is 6.31. The van der Waals surface area contributed by atoms with Crippen LogP contribution in [0.3, 0.4) is 0 Å². The van der Waals surface area contributed by atoms with Crippen molar-refractivity contribution in [3.8, 4) is 0 Å². The van der Waals surface area contributed by atoms with Crippen LogP contribution in [0.25, 0.3) is 0 Å². The summed E-state index contributed by atoms with van der Waals surface area (Å²) in [6.45, 7) is 2.92. The van der Waals surface area contributed by atoms with E-state index in [9.17, 15) is 0 Å². The quantitative estimate of drug-likeness (QED) is 0.906. The summed E-state index contributed by atoms with van der Waals surface area (Å²) in [7, 11) is 4.32. The van der Waals surface area contributed by atoms with Crippen molar-refractivity contribution in [1.82, 2.24) is 15.2 Å². The van der Waals surface area contributed by atoms with E-state index in [-0.39, 0.29) is 0 Å². The summed E-state index contributed by atoms with van der Waals surface area (Å²) in [5, 5.41) is 4.27. The number of hydrogen-bond acceptors (Lipinski definition) is 4. The molecule has 1 aliphatic carbocycles. The average Bonchev–Trinajstić information content (AvgIpc) is 3.31. The molecular formula is C16H25ClN4. The van der Waals surface area contributed by atoms with Gasteiger partial charge in [0.15, 0.2) is 0 Å². The molecule has 0 bridgehead atoms. The Morgan fingerprint density at radius 3 is 2.86 bits per heavy atom. The van der Waals surface area contributed by atoms with E-state index in [1.54, 1.807) is 0 Å². The Morgan fingerprint density at radius 2 is 2.14 bits per heavy atom. The van der Waals surface area contributed by atoms with Crippen LogP contribution in [0.15, 0.2) is 12.1 Å². The first-order valence-corrected chi connectivity index (χ1v) is 8.31. The summed E-state index contributed by atoms with van der Waals surface area (Å²) in [5.41, 5.74) is 0.980. The molecule has 0 radical (unpaired) electrons. The highest BCUT2D eigenvalue weighted by Crippen LogP contribution is 2.25. The number of anilines is 1. The molecule has 0 amide bonds. The second-order valence-electron chi connectivity index (χ2n) is 6.46. The van der Waals surface area contributed by atoms with E-state index in [1.165, 1.54) is 25.7 Å². The Bertz CT molecular complexity index is 487. The van der Waals surface area contributed by atoms with E-state index in [2.05, 4.69) is 35.3 Å². The zero-order valence-electron chi connectivity index (χ0n) is 13.0. The van der Waals surface area contributed by atoms with Crippen molar-refractivity contribution in [3.05, 3.63) is 22.8 Å². The van der Waals surface area contributed by atoms with Crippen molar-refractivity contribution in [2.24, 2.45) is 0 Å². The third kappa shape index (κ3) is 3.87. The minimum Gasteiger partial charge on any atom is -0.355 e. The van der Waals surface area contributed by atoms with Gasteiger partial charge in [-0.15, -0.1) is 0 Å². The van der Waals surface area contributed by atoms with Gasteiger partial charge in [-0.2, -0.15) is 0 Å². The van der Waals surface area contributed by atoms with E-state index in [0.717, 1.165) is 36.2 Å². The summed E-state index contributed by atoms with van der Waals surface area (Å²) < 4.78 is 0. The molecule has 21 heavy (non-hydrogen) atoms. The Kier molecular flexibility index (Phi) is 4.67. The molecule has 3 rings (SSSR count). The summed E-state index contributed by atoms with van der Waals surface area (Å²) >= 11 is 6.29. The molecule has 2 aliphatic rings. The molecule has 116 valence electrons. The Labute approximate surface area is 132 Å². The summed E-state index contributed by atoms with van der Waals surface area (Å²) in [6, 6.07) is 5.34. The molecule has 2 fully saturated rings. The molecule has 4 nitrogen and oxygen atoms in total. The maximum Gasteiger partial charge on any atom is 0.129 e. The molecule has 1 saturated carbocycles. The monoisotopic (exact) mass is 308 g/mol. The van der Waals surface area contributed by atoms with E-state index in [0.29, 0.717) is 12.1 Å². The first-order chi connectivity index (χ1) is 10.1.